The van der Waals surface area contributed by atoms with Crippen molar-refractivity contribution < 1.29 is 9.18 Å². The lowest BCUT2D eigenvalue weighted by atomic mass is 10.2. The molecular weight excluding hydrogens is 351 g/mol. The average molecular weight is 372 g/mol. The lowest BCUT2D eigenvalue weighted by Crippen LogP contribution is -2.45. The molecular formula is C18H21FN6O2. The number of nitrogens with zero attached hydrogens (tertiary/aromatic N) is 6. The van der Waals surface area contributed by atoms with Crippen molar-refractivity contribution in [2.45, 2.75) is 46.3 Å². The Kier molecular flexibility index (Phi) is 5.02. The highest BCUT2D eigenvalue weighted by molar-refractivity contribution is 5.78. The van der Waals surface area contributed by atoms with Crippen LogP contribution in [0, 0.1) is 5.82 Å². The second kappa shape index (κ2) is 7.26. The fraction of sp³-hybridized carbons (Fsp3) is 0.389. The SMILES string of the molecule is CC(C)N(C(=O)Cn1nnc2c(cnn2-c2ccc(F)cc2)c1=O)C(C)C. The monoisotopic (exact) mass is 372 g/mol. The van der Waals surface area contributed by atoms with E-state index in [0.717, 1.165) is 4.68 Å². The molecule has 0 unspecified atom stereocenters. The predicted octanol–water partition coefficient (Wildman–Crippen LogP) is 1.76. The van der Waals surface area contributed by atoms with Crippen molar-refractivity contribution >= 4 is 16.9 Å². The van der Waals surface area contributed by atoms with Crippen molar-refractivity contribution in [3.63, 3.8) is 0 Å². The van der Waals surface area contributed by atoms with Gasteiger partial charge in [-0.25, -0.2) is 13.8 Å². The Labute approximate surface area is 155 Å². The van der Waals surface area contributed by atoms with E-state index in [1.54, 1.807) is 4.90 Å². The summed E-state index contributed by atoms with van der Waals surface area (Å²) in [5.74, 6) is -0.580. The number of rotatable bonds is 5. The quantitative estimate of drug-likeness (QED) is 0.681. The molecule has 0 saturated heterocycles. The van der Waals surface area contributed by atoms with Crippen LogP contribution in [0.15, 0.2) is 35.3 Å². The van der Waals surface area contributed by atoms with Crippen LogP contribution in [-0.2, 0) is 11.3 Å². The molecule has 0 aliphatic carbocycles. The van der Waals surface area contributed by atoms with Gasteiger partial charge in [0, 0.05) is 12.1 Å². The lowest BCUT2D eigenvalue weighted by Gasteiger charge is -2.30. The first kappa shape index (κ1) is 18.7. The fourth-order valence-corrected chi connectivity index (χ4v) is 3.12. The maximum atomic E-state index is 13.1. The van der Waals surface area contributed by atoms with Crippen LogP contribution in [0.3, 0.4) is 0 Å². The predicted molar refractivity (Wildman–Crippen MR) is 98.0 cm³/mol. The van der Waals surface area contributed by atoms with E-state index in [9.17, 15) is 14.0 Å². The molecule has 2 aromatic heterocycles. The van der Waals surface area contributed by atoms with E-state index < -0.39 is 5.56 Å². The van der Waals surface area contributed by atoms with Gasteiger partial charge in [-0.1, -0.05) is 5.21 Å². The highest BCUT2D eigenvalue weighted by Crippen LogP contribution is 2.14. The first-order chi connectivity index (χ1) is 12.8. The number of benzene rings is 1. The summed E-state index contributed by atoms with van der Waals surface area (Å²) in [5, 5.41) is 12.3. The highest BCUT2D eigenvalue weighted by atomic mass is 19.1. The Bertz CT molecular complexity index is 1010. The van der Waals surface area contributed by atoms with Gasteiger partial charge in [-0.15, -0.1) is 5.10 Å². The number of halogens is 1. The lowest BCUT2D eigenvalue weighted by molar-refractivity contribution is -0.135. The Hall–Kier alpha value is -3.10. The zero-order valence-electron chi connectivity index (χ0n) is 15.6. The minimum absolute atomic E-state index is 0.00567. The van der Waals surface area contributed by atoms with E-state index in [4.69, 9.17) is 0 Å². The second-order valence-corrected chi connectivity index (χ2v) is 6.81. The molecule has 3 aromatic rings. The van der Waals surface area contributed by atoms with E-state index in [1.807, 2.05) is 27.7 Å². The standard InChI is InChI=1S/C18H21FN6O2/c1-11(2)24(12(3)4)16(26)10-23-18(27)15-9-20-25(17(15)21-22-23)14-7-5-13(19)6-8-14/h5-9,11-12H,10H2,1-4H3. The molecule has 0 aliphatic heterocycles. The third kappa shape index (κ3) is 3.57. The number of aromatic nitrogens is 5. The molecule has 1 amide bonds. The van der Waals surface area contributed by atoms with E-state index in [-0.39, 0.29) is 41.4 Å². The molecule has 0 atom stereocenters. The summed E-state index contributed by atoms with van der Waals surface area (Å²) in [6, 6.07) is 5.66. The zero-order valence-corrected chi connectivity index (χ0v) is 15.6. The molecule has 142 valence electrons. The van der Waals surface area contributed by atoms with E-state index >= 15 is 0 Å². The summed E-state index contributed by atoms with van der Waals surface area (Å²) in [6.07, 6.45) is 1.37. The number of carbonyl (C=O) groups excluding carboxylic acids is 1. The van der Waals surface area contributed by atoms with Gasteiger partial charge in [0.1, 0.15) is 17.7 Å². The molecule has 8 nitrogen and oxygen atoms in total. The second-order valence-electron chi connectivity index (χ2n) is 6.81. The molecule has 0 N–H and O–H groups in total. The third-order valence-electron chi connectivity index (χ3n) is 4.21. The summed E-state index contributed by atoms with van der Waals surface area (Å²) >= 11 is 0. The van der Waals surface area contributed by atoms with Crippen LogP contribution in [0.2, 0.25) is 0 Å². The van der Waals surface area contributed by atoms with Crippen molar-refractivity contribution in [3.8, 4) is 5.69 Å². The van der Waals surface area contributed by atoms with Gasteiger partial charge in [-0.05, 0) is 52.0 Å². The van der Waals surface area contributed by atoms with Crippen molar-refractivity contribution in [2.75, 3.05) is 0 Å². The fourth-order valence-electron chi connectivity index (χ4n) is 3.12. The smallest absolute Gasteiger partial charge is 0.281 e. The van der Waals surface area contributed by atoms with Crippen LogP contribution in [-0.4, -0.2) is 47.7 Å². The average Bonchev–Trinajstić information content (AvgIpc) is 3.02. The van der Waals surface area contributed by atoms with Crippen LogP contribution in [0.25, 0.3) is 16.7 Å². The van der Waals surface area contributed by atoms with Crippen LogP contribution in [0.5, 0.6) is 0 Å². The minimum Gasteiger partial charge on any atom is -0.336 e. The highest BCUT2D eigenvalue weighted by Gasteiger charge is 2.22. The van der Waals surface area contributed by atoms with Gasteiger partial charge in [0.25, 0.3) is 5.56 Å². The summed E-state index contributed by atoms with van der Waals surface area (Å²) in [4.78, 5) is 27.0. The molecule has 9 heteroatoms. The molecule has 3 rings (SSSR count). The van der Waals surface area contributed by atoms with Gasteiger partial charge in [-0.2, -0.15) is 5.10 Å². The van der Waals surface area contributed by atoms with E-state index in [2.05, 4.69) is 15.4 Å². The van der Waals surface area contributed by atoms with Crippen LogP contribution >= 0.6 is 0 Å². The number of hydrogen-bond donors (Lipinski definition) is 0. The molecule has 0 radical (unpaired) electrons. The molecule has 27 heavy (non-hydrogen) atoms. The first-order valence-electron chi connectivity index (χ1n) is 8.68. The number of fused-ring (bicyclic) bond motifs is 1. The van der Waals surface area contributed by atoms with E-state index in [0.29, 0.717) is 5.69 Å². The number of amides is 1. The summed E-state index contributed by atoms with van der Waals surface area (Å²) in [6.45, 7) is 7.48. The molecule has 2 heterocycles. The normalized spacial score (nSPS) is 11.5. The van der Waals surface area contributed by atoms with Crippen molar-refractivity contribution in [1.82, 2.24) is 29.7 Å². The minimum atomic E-state index is -0.450. The molecule has 0 fully saturated rings. The number of hydrogen-bond acceptors (Lipinski definition) is 5. The summed E-state index contributed by atoms with van der Waals surface area (Å²) in [5.41, 5.74) is 0.355. The molecule has 0 spiro atoms. The van der Waals surface area contributed by atoms with Gasteiger partial charge in [0.05, 0.1) is 11.9 Å². The Balaban J connectivity index is 1.96. The maximum Gasteiger partial charge on any atom is 0.281 e. The Morgan fingerprint density at radius 2 is 1.78 bits per heavy atom. The van der Waals surface area contributed by atoms with Crippen LogP contribution in [0.1, 0.15) is 27.7 Å². The van der Waals surface area contributed by atoms with Crippen LogP contribution in [0.4, 0.5) is 4.39 Å². The van der Waals surface area contributed by atoms with E-state index in [1.165, 1.54) is 35.1 Å². The molecule has 0 aliphatic rings. The third-order valence-corrected chi connectivity index (χ3v) is 4.21. The maximum absolute atomic E-state index is 13.1. The Morgan fingerprint density at radius 3 is 2.37 bits per heavy atom. The molecule has 0 bridgehead atoms. The van der Waals surface area contributed by atoms with Crippen molar-refractivity contribution in [3.05, 3.63) is 46.6 Å². The topological polar surface area (TPSA) is 85.9 Å². The van der Waals surface area contributed by atoms with Gasteiger partial charge >= 0.3 is 0 Å². The van der Waals surface area contributed by atoms with Gasteiger partial charge in [-0.3, -0.25) is 9.59 Å². The Morgan fingerprint density at radius 1 is 1.15 bits per heavy atom. The van der Waals surface area contributed by atoms with Gasteiger partial charge in [0.2, 0.25) is 5.91 Å². The largest absolute Gasteiger partial charge is 0.336 e. The van der Waals surface area contributed by atoms with Gasteiger partial charge < -0.3 is 4.90 Å². The summed E-state index contributed by atoms with van der Waals surface area (Å²) < 4.78 is 15.6. The van der Waals surface area contributed by atoms with Gasteiger partial charge in [0.15, 0.2) is 5.65 Å². The zero-order chi connectivity index (χ0) is 19.7. The van der Waals surface area contributed by atoms with Crippen molar-refractivity contribution in [2.24, 2.45) is 0 Å². The summed E-state index contributed by atoms with van der Waals surface area (Å²) in [7, 11) is 0. The van der Waals surface area contributed by atoms with Crippen LogP contribution < -0.4 is 5.56 Å². The molecule has 1 aromatic carbocycles. The number of carbonyl (C=O) groups is 1. The van der Waals surface area contributed by atoms with Crippen molar-refractivity contribution in [1.29, 1.82) is 0 Å². The first-order valence-corrected chi connectivity index (χ1v) is 8.68. The molecule has 0 saturated carbocycles.